The van der Waals surface area contributed by atoms with Crippen LogP contribution < -0.4 is 5.32 Å². The molecule has 0 saturated carbocycles. The van der Waals surface area contributed by atoms with Gasteiger partial charge < -0.3 is 9.84 Å². The quantitative estimate of drug-likeness (QED) is 0.579. The highest BCUT2D eigenvalue weighted by atomic mass is 16.6. The number of nitrogens with one attached hydrogen (secondary N) is 1. The number of aromatic nitrogens is 3. The van der Waals surface area contributed by atoms with E-state index in [1.165, 1.54) is 12.3 Å². The second-order valence-electron chi connectivity index (χ2n) is 4.40. The second-order valence-corrected chi connectivity index (χ2v) is 4.40. The summed E-state index contributed by atoms with van der Waals surface area (Å²) in [5.74, 6) is 1.01. The summed E-state index contributed by atoms with van der Waals surface area (Å²) in [6.07, 6.45) is 3.07. The highest BCUT2D eigenvalue weighted by Gasteiger charge is 2.14. The molecule has 0 atom stereocenters. The molecule has 0 amide bonds. The SMILES string of the molecule is Cc1noc(CNc2ccc([N+](=O)[O-])c3cnccc23)n1. The Morgan fingerprint density at radius 3 is 2.90 bits per heavy atom. The maximum Gasteiger partial charge on any atom is 0.278 e. The molecule has 0 radical (unpaired) electrons. The second kappa shape index (κ2) is 5.16. The van der Waals surface area contributed by atoms with Gasteiger partial charge in [0.15, 0.2) is 5.82 Å². The molecular weight excluding hydrogens is 274 g/mol. The number of anilines is 1. The monoisotopic (exact) mass is 285 g/mol. The molecular formula is C13H11N5O3. The summed E-state index contributed by atoms with van der Waals surface area (Å²) in [5.41, 5.74) is 0.770. The lowest BCUT2D eigenvalue weighted by atomic mass is 10.1. The third-order valence-electron chi connectivity index (χ3n) is 2.99. The van der Waals surface area contributed by atoms with Crippen LogP contribution >= 0.6 is 0 Å². The van der Waals surface area contributed by atoms with Crippen LogP contribution in [0.1, 0.15) is 11.7 Å². The molecule has 8 heteroatoms. The average Bonchev–Trinajstić information content (AvgIpc) is 2.90. The summed E-state index contributed by atoms with van der Waals surface area (Å²) in [7, 11) is 0. The van der Waals surface area contributed by atoms with Gasteiger partial charge in [0.05, 0.1) is 16.9 Å². The zero-order chi connectivity index (χ0) is 14.8. The van der Waals surface area contributed by atoms with Gasteiger partial charge in [0.1, 0.15) is 0 Å². The van der Waals surface area contributed by atoms with Crippen molar-refractivity contribution in [3.05, 3.63) is 52.4 Å². The minimum absolute atomic E-state index is 0.0253. The Balaban J connectivity index is 1.96. The van der Waals surface area contributed by atoms with Crippen LogP contribution in [0, 0.1) is 17.0 Å². The van der Waals surface area contributed by atoms with Gasteiger partial charge in [0.25, 0.3) is 5.69 Å². The summed E-state index contributed by atoms with van der Waals surface area (Å²) in [6, 6.07) is 4.83. The first-order valence-electron chi connectivity index (χ1n) is 6.19. The fourth-order valence-electron chi connectivity index (χ4n) is 2.07. The highest BCUT2D eigenvalue weighted by Crippen LogP contribution is 2.30. The minimum atomic E-state index is -0.421. The first-order valence-corrected chi connectivity index (χ1v) is 6.19. The molecule has 21 heavy (non-hydrogen) atoms. The van der Waals surface area contributed by atoms with Crippen molar-refractivity contribution in [2.75, 3.05) is 5.32 Å². The molecule has 3 rings (SSSR count). The Hall–Kier alpha value is -3.03. The Morgan fingerprint density at radius 2 is 2.19 bits per heavy atom. The van der Waals surface area contributed by atoms with Gasteiger partial charge in [-0.1, -0.05) is 5.16 Å². The summed E-state index contributed by atoms with van der Waals surface area (Å²) in [5, 5.41) is 19.1. The first-order chi connectivity index (χ1) is 10.1. The number of aryl methyl sites for hydroxylation is 1. The van der Waals surface area contributed by atoms with Crippen LogP contribution in [-0.4, -0.2) is 20.0 Å². The topological polar surface area (TPSA) is 107 Å². The van der Waals surface area contributed by atoms with Crippen LogP contribution in [0.4, 0.5) is 11.4 Å². The van der Waals surface area contributed by atoms with Crippen molar-refractivity contribution in [2.24, 2.45) is 0 Å². The molecule has 3 aromatic rings. The molecule has 0 aliphatic rings. The van der Waals surface area contributed by atoms with Crippen molar-refractivity contribution >= 4 is 22.1 Å². The molecule has 2 heterocycles. The fourth-order valence-corrected chi connectivity index (χ4v) is 2.07. The summed E-state index contributed by atoms with van der Waals surface area (Å²) >= 11 is 0. The molecule has 1 N–H and O–H groups in total. The van der Waals surface area contributed by atoms with E-state index in [0.29, 0.717) is 23.6 Å². The molecule has 0 fully saturated rings. The van der Waals surface area contributed by atoms with Gasteiger partial charge in [-0.15, -0.1) is 0 Å². The normalized spacial score (nSPS) is 10.7. The van der Waals surface area contributed by atoms with Crippen LogP contribution in [-0.2, 0) is 6.54 Å². The van der Waals surface area contributed by atoms with E-state index in [-0.39, 0.29) is 5.69 Å². The number of hydrogen-bond acceptors (Lipinski definition) is 7. The molecule has 1 aromatic carbocycles. The molecule has 2 aromatic heterocycles. The van der Waals surface area contributed by atoms with Crippen molar-refractivity contribution in [3.8, 4) is 0 Å². The lowest BCUT2D eigenvalue weighted by Crippen LogP contribution is -2.01. The number of rotatable bonds is 4. The Kier molecular flexibility index (Phi) is 3.19. The lowest BCUT2D eigenvalue weighted by Gasteiger charge is -2.08. The third-order valence-corrected chi connectivity index (χ3v) is 2.99. The maximum absolute atomic E-state index is 11.0. The minimum Gasteiger partial charge on any atom is -0.376 e. The van der Waals surface area contributed by atoms with Crippen molar-refractivity contribution < 1.29 is 9.45 Å². The number of nitro benzene ring substituents is 1. The summed E-state index contributed by atoms with van der Waals surface area (Å²) in [6.45, 7) is 2.08. The standard InChI is InChI=1S/C13H11N5O3/c1-8-16-13(21-17-8)7-15-11-2-3-12(18(19)20)10-6-14-5-4-9(10)11/h2-6,15H,7H2,1H3. The summed E-state index contributed by atoms with van der Waals surface area (Å²) in [4.78, 5) is 18.6. The van der Waals surface area contributed by atoms with Crippen molar-refractivity contribution in [1.82, 2.24) is 15.1 Å². The zero-order valence-corrected chi connectivity index (χ0v) is 11.1. The largest absolute Gasteiger partial charge is 0.376 e. The number of nitrogens with zero attached hydrogens (tertiary/aromatic N) is 4. The number of benzene rings is 1. The highest BCUT2D eigenvalue weighted by molar-refractivity contribution is 5.99. The van der Waals surface area contributed by atoms with Crippen LogP contribution in [0.2, 0.25) is 0 Å². The number of nitro groups is 1. The van der Waals surface area contributed by atoms with Crippen molar-refractivity contribution in [3.63, 3.8) is 0 Å². The van der Waals surface area contributed by atoms with Gasteiger partial charge in [0.2, 0.25) is 5.89 Å². The van der Waals surface area contributed by atoms with E-state index in [1.54, 1.807) is 25.3 Å². The van der Waals surface area contributed by atoms with Gasteiger partial charge >= 0.3 is 0 Å². The Bertz CT molecular complexity index is 814. The van der Waals surface area contributed by atoms with E-state index in [1.807, 2.05) is 0 Å². The van der Waals surface area contributed by atoms with E-state index in [9.17, 15) is 10.1 Å². The summed E-state index contributed by atoms with van der Waals surface area (Å²) < 4.78 is 5.02. The average molecular weight is 285 g/mol. The predicted molar refractivity (Wildman–Crippen MR) is 74.8 cm³/mol. The van der Waals surface area contributed by atoms with Crippen LogP contribution in [0.3, 0.4) is 0 Å². The molecule has 0 aliphatic heterocycles. The van der Waals surface area contributed by atoms with E-state index in [2.05, 4.69) is 20.4 Å². The van der Waals surface area contributed by atoms with Gasteiger partial charge in [-0.2, -0.15) is 4.98 Å². The van der Waals surface area contributed by atoms with Gasteiger partial charge in [-0.3, -0.25) is 15.1 Å². The Labute approximate surface area is 119 Å². The van der Waals surface area contributed by atoms with Crippen LogP contribution in [0.15, 0.2) is 35.1 Å². The van der Waals surface area contributed by atoms with Crippen molar-refractivity contribution in [1.29, 1.82) is 0 Å². The van der Waals surface area contributed by atoms with Gasteiger partial charge in [-0.05, 0) is 19.1 Å². The lowest BCUT2D eigenvalue weighted by molar-refractivity contribution is -0.383. The maximum atomic E-state index is 11.0. The van der Waals surface area contributed by atoms with Crippen LogP contribution in [0.25, 0.3) is 10.8 Å². The smallest absolute Gasteiger partial charge is 0.278 e. The number of non-ortho nitro benzene ring substituents is 1. The molecule has 0 aliphatic carbocycles. The number of pyridine rings is 1. The molecule has 0 spiro atoms. The number of hydrogen-bond donors (Lipinski definition) is 1. The van der Waals surface area contributed by atoms with Crippen LogP contribution in [0.5, 0.6) is 0 Å². The Morgan fingerprint density at radius 1 is 1.33 bits per heavy atom. The molecule has 8 nitrogen and oxygen atoms in total. The fraction of sp³-hybridized carbons (Fsp3) is 0.154. The number of fused-ring (bicyclic) bond motifs is 1. The molecule has 106 valence electrons. The molecule has 0 bridgehead atoms. The van der Waals surface area contributed by atoms with E-state index in [4.69, 9.17) is 4.52 Å². The first kappa shape index (κ1) is 13.0. The van der Waals surface area contributed by atoms with E-state index < -0.39 is 4.92 Å². The van der Waals surface area contributed by atoms with Gasteiger partial charge in [-0.25, -0.2) is 0 Å². The molecule has 0 saturated heterocycles. The van der Waals surface area contributed by atoms with E-state index in [0.717, 1.165) is 11.1 Å². The van der Waals surface area contributed by atoms with E-state index >= 15 is 0 Å². The van der Waals surface area contributed by atoms with Crippen molar-refractivity contribution in [2.45, 2.75) is 13.5 Å². The third kappa shape index (κ3) is 2.50. The molecule has 0 unspecified atom stereocenters. The van der Waals surface area contributed by atoms with Gasteiger partial charge in [0, 0.05) is 29.5 Å². The predicted octanol–water partition coefficient (Wildman–Crippen LogP) is 2.45. The zero-order valence-electron chi connectivity index (χ0n) is 11.1.